The van der Waals surface area contributed by atoms with Crippen LogP contribution in [-0.4, -0.2) is 24.7 Å². The summed E-state index contributed by atoms with van der Waals surface area (Å²) in [6, 6.07) is 25.8. The summed E-state index contributed by atoms with van der Waals surface area (Å²) in [5.74, 6) is 0.0153. The number of halogens is 1. The van der Waals surface area contributed by atoms with E-state index in [9.17, 15) is 9.59 Å². The minimum Gasteiger partial charge on any atom is -0.484 e. The van der Waals surface area contributed by atoms with Gasteiger partial charge < -0.3 is 9.47 Å². The first kappa shape index (κ1) is 23.2. The fraction of sp³-hybridized carbons (Fsp3) is 0.0741. The Kier molecular flexibility index (Phi) is 7.34. The Labute approximate surface area is 205 Å². The Bertz CT molecular complexity index is 1380. The lowest BCUT2D eigenvalue weighted by atomic mass is 10.1. The summed E-state index contributed by atoms with van der Waals surface area (Å²) in [7, 11) is 0. The number of ether oxygens (including phenoxy) is 2. The Morgan fingerprint density at radius 1 is 0.941 bits per heavy atom. The number of carbonyl (C=O) groups excluding carboxylic acids is 2. The Morgan fingerprint density at radius 2 is 1.76 bits per heavy atom. The van der Waals surface area contributed by atoms with Crippen molar-refractivity contribution < 1.29 is 19.1 Å². The minimum atomic E-state index is -0.478. The van der Waals surface area contributed by atoms with Crippen LogP contribution in [0.15, 0.2) is 94.5 Å². The molecule has 7 heteroatoms. The van der Waals surface area contributed by atoms with Gasteiger partial charge in [0.1, 0.15) is 11.5 Å². The van der Waals surface area contributed by atoms with Gasteiger partial charge in [0.05, 0.1) is 11.8 Å². The molecule has 0 aliphatic carbocycles. The Morgan fingerprint density at radius 3 is 2.59 bits per heavy atom. The van der Waals surface area contributed by atoms with E-state index in [1.165, 1.54) is 6.21 Å². The number of rotatable bonds is 7. The van der Waals surface area contributed by atoms with Gasteiger partial charge in [0.2, 0.25) is 0 Å². The van der Waals surface area contributed by atoms with Crippen LogP contribution in [-0.2, 0) is 4.79 Å². The molecule has 4 aromatic carbocycles. The average molecular weight is 517 g/mol. The molecule has 0 spiro atoms. The van der Waals surface area contributed by atoms with Crippen LogP contribution in [0.3, 0.4) is 0 Å². The molecule has 34 heavy (non-hydrogen) atoms. The molecule has 0 atom stereocenters. The Balaban J connectivity index is 1.37. The zero-order valence-corrected chi connectivity index (χ0v) is 19.9. The standard InChI is InChI=1S/C27H21BrN2O4/c1-18-5-4-8-21(13-18)27(32)34-25-12-10-23(28)14-22(25)16-29-30-26(31)17-33-24-11-9-19-6-2-3-7-20(19)15-24/h2-16H,17H2,1H3,(H,30,31). The van der Waals surface area contributed by atoms with E-state index in [1.54, 1.807) is 36.4 Å². The molecule has 0 heterocycles. The third-order valence-electron chi connectivity index (χ3n) is 4.91. The number of nitrogens with one attached hydrogen (secondary N) is 1. The quantitative estimate of drug-likeness (QED) is 0.149. The molecule has 0 aliphatic heterocycles. The monoisotopic (exact) mass is 516 g/mol. The number of nitrogens with zero attached hydrogens (tertiary/aromatic N) is 1. The van der Waals surface area contributed by atoms with Crippen LogP contribution < -0.4 is 14.9 Å². The number of carbonyl (C=O) groups is 2. The average Bonchev–Trinajstić information content (AvgIpc) is 2.84. The molecular weight excluding hydrogens is 496 g/mol. The summed E-state index contributed by atoms with van der Waals surface area (Å²) in [5, 5.41) is 6.11. The number of hydrogen-bond donors (Lipinski definition) is 1. The van der Waals surface area contributed by atoms with E-state index in [0.29, 0.717) is 22.6 Å². The summed E-state index contributed by atoms with van der Waals surface area (Å²) in [4.78, 5) is 24.7. The van der Waals surface area contributed by atoms with E-state index in [0.717, 1.165) is 20.8 Å². The molecule has 4 aromatic rings. The lowest BCUT2D eigenvalue weighted by Crippen LogP contribution is -2.24. The molecule has 4 rings (SSSR count). The van der Waals surface area contributed by atoms with E-state index in [-0.39, 0.29) is 6.61 Å². The van der Waals surface area contributed by atoms with Crippen molar-refractivity contribution >= 4 is 44.8 Å². The van der Waals surface area contributed by atoms with Gasteiger partial charge >= 0.3 is 5.97 Å². The topological polar surface area (TPSA) is 77.0 Å². The predicted molar refractivity (Wildman–Crippen MR) is 135 cm³/mol. The second-order valence-corrected chi connectivity index (χ2v) is 8.45. The maximum absolute atomic E-state index is 12.5. The molecule has 0 fully saturated rings. The fourth-order valence-corrected chi connectivity index (χ4v) is 3.63. The number of hydrogen-bond acceptors (Lipinski definition) is 5. The maximum atomic E-state index is 12.5. The molecule has 170 valence electrons. The molecule has 0 saturated heterocycles. The summed E-state index contributed by atoms with van der Waals surface area (Å²) < 4.78 is 11.9. The summed E-state index contributed by atoms with van der Waals surface area (Å²) in [5.41, 5.74) is 4.35. The predicted octanol–water partition coefficient (Wildman–Crippen LogP) is 5.66. The summed E-state index contributed by atoms with van der Waals surface area (Å²) in [6.07, 6.45) is 1.41. The van der Waals surface area contributed by atoms with Gasteiger partial charge in [0, 0.05) is 10.0 Å². The molecule has 0 unspecified atom stereocenters. The van der Waals surface area contributed by atoms with Crippen molar-refractivity contribution in [3.63, 3.8) is 0 Å². The normalized spacial score (nSPS) is 10.9. The lowest BCUT2D eigenvalue weighted by Gasteiger charge is -2.09. The molecule has 0 saturated carbocycles. The second-order valence-electron chi connectivity index (χ2n) is 7.53. The smallest absolute Gasteiger partial charge is 0.343 e. The van der Waals surface area contributed by atoms with Crippen molar-refractivity contribution in [2.24, 2.45) is 5.10 Å². The van der Waals surface area contributed by atoms with Crippen LogP contribution in [0.5, 0.6) is 11.5 Å². The fourth-order valence-electron chi connectivity index (χ4n) is 3.26. The van der Waals surface area contributed by atoms with Gasteiger partial charge in [-0.1, -0.05) is 64.0 Å². The highest BCUT2D eigenvalue weighted by Crippen LogP contribution is 2.23. The molecular formula is C27H21BrN2O4. The minimum absolute atomic E-state index is 0.191. The number of amides is 1. The highest BCUT2D eigenvalue weighted by Gasteiger charge is 2.12. The van der Waals surface area contributed by atoms with Crippen molar-refractivity contribution in [1.29, 1.82) is 0 Å². The molecule has 0 aromatic heterocycles. The summed E-state index contributed by atoms with van der Waals surface area (Å²) in [6.45, 7) is 1.71. The SMILES string of the molecule is Cc1cccc(C(=O)Oc2ccc(Br)cc2C=NNC(=O)COc2ccc3ccccc3c2)c1. The third kappa shape index (κ3) is 6.08. The van der Waals surface area contributed by atoms with Gasteiger partial charge in [0.25, 0.3) is 5.91 Å². The van der Waals surface area contributed by atoms with E-state index in [1.807, 2.05) is 55.5 Å². The first-order valence-corrected chi connectivity index (χ1v) is 11.3. The molecule has 0 radical (unpaired) electrons. The van der Waals surface area contributed by atoms with Crippen LogP contribution in [0.1, 0.15) is 21.5 Å². The van der Waals surface area contributed by atoms with E-state index in [4.69, 9.17) is 9.47 Å². The van der Waals surface area contributed by atoms with E-state index in [2.05, 4.69) is 26.5 Å². The van der Waals surface area contributed by atoms with Gasteiger partial charge in [-0.05, 0) is 60.2 Å². The van der Waals surface area contributed by atoms with Crippen molar-refractivity contribution in [3.05, 3.63) is 106 Å². The molecule has 1 amide bonds. The lowest BCUT2D eigenvalue weighted by molar-refractivity contribution is -0.123. The number of aryl methyl sites for hydroxylation is 1. The highest BCUT2D eigenvalue weighted by atomic mass is 79.9. The second kappa shape index (κ2) is 10.8. The van der Waals surface area contributed by atoms with Crippen molar-refractivity contribution in [3.8, 4) is 11.5 Å². The zero-order chi connectivity index (χ0) is 23.9. The summed E-state index contributed by atoms with van der Waals surface area (Å²) >= 11 is 3.40. The van der Waals surface area contributed by atoms with Gasteiger partial charge in [-0.15, -0.1) is 0 Å². The Hall–Kier alpha value is -3.97. The van der Waals surface area contributed by atoms with Crippen LogP contribution in [0, 0.1) is 6.92 Å². The molecule has 6 nitrogen and oxygen atoms in total. The maximum Gasteiger partial charge on any atom is 0.343 e. The molecule has 0 aliphatic rings. The van der Waals surface area contributed by atoms with Gasteiger partial charge in [-0.2, -0.15) is 5.10 Å². The van der Waals surface area contributed by atoms with E-state index < -0.39 is 11.9 Å². The van der Waals surface area contributed by atoms with Gasteiger partial charge in [0.15, 0.2) is 6.61 Å². The first-order valence-electron chi connectivity index (χ1n) is 10.5. The molecule has 0 bridgehead atoms. The largest absolute Gasteiger partial charge is 0.484 e. The third-order valence-corrected chi connectivity index (χ3v) is 5.41. The number of esters is 1. The van der Waals surface area contributed by atoms with Crippen molar-refractivity contribution in [2.45, 2.75) is 6.92 Å². The van der Waals surface area contributed by atoms with Gasteiger partial charge in [-0.25, -0.2) is 10.2 Å². The van der Waals surface area contributed by atoms with Crippen LogP contribution >= 0.6 is 15.9 Å². The van der Waals surface area contributed by atoms with E-state index >= 15 is 0 Å². The van der Waals surface area contributed by atoms with Gasteiger partial charge in [-0.3, -0.25) is 4.79 Å². The van der Waals surface area contributed by atoms with Crippen LogP contribution in [0.25, 0.3) is 10.8 Å². The van der Waals surface area contributed by atoms with Crippen molar-refractivity contribution in [2.75, 3.05) is 6.61 Å². The molecule has 1 N–H and O–H groups in total. The van der Waals surface area contributed by atoms with Crippen LogP contribution in [0.4, 0.5) is 0 Å². The number of benzene rings is 4. The van der Waals surface area contributed by atoms with Crippen LogP contribution in [0.2, 0.25) is 0 Å². The number of hydrazone groups is 1. The first-order chi connectivity index (χ1) is 16.5. The van der Waals surface area contributed by atoms with Crippen molar-refractivity contribution in [1.82, 2.24) is 5.43 Å². The zero-order valence-electron chi connectivity index (χ0n) is 18.3. The highest BCUT2D eigenvalue weighted by molar-refractivity contribution is 9.10. The number of fused-ring (bicyclic) bond motifs is 1.